The van der Waals surface area contributed by atoms with E-state index in [4.69, 9.17) is 5.73 Å². The molecule has 0 radical (unpaired) electrons. The fraction of sp³-hybridized carbons (Fsp3) is 0.531. The van der Waals surface area contributed by atoms with Gasteiger partial charge in [0.2, 0.25) is 11.8 Å². The first kappa shape index (κ1) is 46.7. The van der Waals surface area contributed by atoms with E-state index in [9.17, 15) is 24.6 Å². The van der Waals surface area contributed by atoms with Crippen LogP contribution in [-0.4, -0.2) is 101 Å². The molecular weight excluding hydrogens is 827 g/mol. The first-order valence-corrected chi connectivity index (χ1v) is 23.9. The number of unbranched alkanes of at least 4 members (excludes halogenated alkanes) is 6. The summed E-state index contributed by atoms with van der Waals surface area (Å²) in [6.45, 7) is 12.7. The minimum absolute atomic E-state index is 0.0319. The zero-order chi connectivity index (χ0) is 45.5. The number of nitrogens with zero attached hydrogens (tertiary/aromatic N) is 7. The number of nitrogens with one attached hydrogen (secondary N) is 1. The van der Waals surface area contributed by atoms with E-state index in [2.05, 4.69) is 30.5 Å². The highest BCUT2D eigenvalue weighted by molar-refractivity contribution is 7.13. The van der Waals surface area contributed by atoms with Gasteiger partial charge in [-0.05, 0) is 80.8 Å². The van der Waals surface area contributed by atoms with Gasteiger partial charge in [0.15, 0.2) is 11.3 Å². The topological polar surface area (TPSA) is 193 Å². The number of fused-ring (bicyclic) bond motifs is 1. The Bertz CT molecular complexity index is 2380. The molecule has 2 amide bonds. The van der Waals surface area contributed by atoms with E-state index in [1.54, 1.807) is 23.5 Å². The third kappa shape index (κ3) is 11.0. The third-order valence-electron chi connectivity index (χ3n) is 13.0. The summed E-state index contributed by atoms with van der Waals surface area (Å²) in [5, 5.41) is 37.4. The molecule has 4 atom stereocenters. The molecule has 5 N–H and O–H groups in total. The Labute approximate surface area is 380 Å². The fourth-order valence-corrected chi connectivity index (χ4v) is 10.3. The molecule has 0 bridgehead atoms. The second-order valence-corrected chi connectivity index (χ2v) is 19.7. The summed E-state index contributed by atoms with van der Waals surface area (Å²) in [7, 11) is 0. The van der Waals surface area contributed by atoms with Crippen molar-refractivity contribution in [1.29, 1.82) is 0 Å². The van der Waals surface area contributed by atoms with Crippen LogP contribution in [0.4, 0.5) is 5.82 Å². The average molecular weight is 892 g/mol. The number of rotatable bonds is 18. The molecule has 2 fully saturated rings. The average Bonchev–Trinajstić information content (AvgIpc) is 3.98. The number of aryl methyl sites for hydroxylation is 1. The number of aliphatic hydroxyl groups is 1. The molecule has 0 aliphatic carbocycles. The van der Waals surface area contributed by atoms with Crippen LogP contribution in [0.2, 0.25) is 0 Å². The molecule has 2 aliphatic heterocycles. The number of likely N-dealkylation sites (tertiary alicyclic amines) is 2. The van der Waals surface area contributed by atoms with Crippen LogP contribution >= 0.6 is 11.3 Å². The number of hydrogen-bond donors (Lipinski definition) is 4. The first-order chi connectivity index (χ1) is 30.7. The van der Waals surface area contributed by atoms with Crippen molar-refractivity contribution in [1.82, 2.24) is 40.1 Å². The van der Waals surface area contributed by atoms with Crippen molar-refractivity contribution in [2.75, 3.05) is 31.9 Å². The normalized spacial score (nSPS) is 18.4. The van der Waals surface area contributed by atoms with Gasteiger partial charge in [-0.3, -0.25) is 19.1 Å². The number of aliphatic hydroxyl groups excluding tert-OH is 1. The number of β-amino-alcohol motifs (C(OH)–C–C–N with tert-alkyl or cyclic N) is 1. The maximum Gasteiger partial charge on any atom is 0.243 e. The number of nitrogen functional groups attached to an aromatic ring is 1. The second-order valence-electron chi connectivity index (χ2n) is 18.9. The van der Waals surface area contributed by atoms with Gasteiger partial charge in [0, 0.05) is 38.0 Å². The molecule has 3 aromatic heterocycles. The Hall–Kier alpha value is -5.25. The summed E-state index contributed by atoms with van der Waals surface area (Å²) < 4.78 is 2.00. The molecule has 14 nitrogen and oxygen atoms in total. The number of piperidine rings is 1. The van der Waals surface area contributed by atoms with Crippen LogP contribution in [0.3, 0.4) is 0 Å². The number of Topliss-reactive ketones (excluding diaryl/α,β-unsaturated/α-hetero) is 1. The van der Waals surface area contributed by atoms with Crippen LogP contribution in [0.15, 0.2) is 60.1 Å². The first-order valence-electron chi connectivity index (χ1n) is 23.0. The molecule has 2 aliphatic rings. The lowest BCUT2D eigenvalue weighted by molar-refractivity contribution is -0.149. The summed E-state index contributed by atoms with van der Waals surface area (Å²) in [6.07, 6.45) is 8.77. The zero-order valence-electron chi connectivity index (χ0n) is 38.0. The van der Waals surface area contributed by atoms with Gasteiger partial charge in [0.1, 0.15) is 23.5 Å². The van der Waals surface area contributed by atoms with Crippen LogP contribution in [0.1, 0.15) is 122 Å². The number of benzene rings is 2. The minimum Gasteiger partial charge on any atom is -0.507 e. The highest BCUT2D eigenvalue weighted by Gasteiger charge is 2.46. The molecule has 2 aromatic carbocycles. The number of aromatic nitrogens is 5. The van der Waals surface area contributed by atoms with Crippen molar-refractivity contribution in [3.63, 3.8) is 0 Å². The molecular formula is C49H65N9O5S. The Morgan fingerprint density at radius 1 is 0.953 bits per heavy atom. The summed E-state index contributed by atoms with van der Waals surface area (Å²) in [5.74, 6) is -1.17. The fourth-order valence-electron chi connectivity index (χ4n) is 9.46. The predicted molar refractivity (Wildman–Crippen MR) is 251 cm³/mol. The van der Waals surface area contributed by atoms with Gasteiger partial charge in [-0.1, -0.05) is 89.3 Å². The molecule has 0 saturated carbocycles. The molecule has 64 heavy (non-hydrogen) atoms. The van der Waals surface area contributed by atoms with Gasteiger partial charge in [-0.15, -0.1) is 21.5 Å². The maximum atomic E-state index is 14.2. The molecule has 7 rings (SSSR count). The van der Waals surface area contributed by atoms with Crippen LogP contribution in [0.25, 0.3) is 32.7 Å². The van der Waals surface area contributed by atoms with E-state index < -0.39 is 23.5 Å². The molecule has 0 spiro atoms. The lowest BCUT2D eigenvalue weighted by Crippen LogP contribution is -2.51. The molecule has 1 unspecified atom stereocenters. The minimum atomic E-state index is -0.896. The molecule has 342 valence electrons. The van der Waals surface area contributed by atoms with E-state index in [1.807, 2.05) is 87.3 Å². The highest BCUT2D eigenvalue weighted by Crippen LogP contribution is 2.35. The number of nitrogens with two attached hydrogens (primary N) is 1. The molecule has 5 aromatic rings. The number of phenols is 1. The largest absolute Gasteiger partial charge is 0.507 e. The van der Waals surface area contributed by atoms with Gasteiger partial charge < -0.3 is 31.1 Å². The highest BCUT2D eigenvalue weighted by atomic mass is 32.1. The molecule has 5 heterocycles. The number of phenolic OH excluding ortho intramolecular Hbond substituents is 1. The van der Waals surface area contributed by atoms with Gasteiger partial charge in [-0.25, -0.2) is 4.98 Å². The van der Waals surface area contributed by atoms with Gasteiger partial charge in [0.25, 0.3) is 0 Å². The maximum absolute atomic E-state index is 14.2. The third-order valence-corrected chi connectivity index (χ3v) is 14.0. The Balaban J connectivity index is 0.807. The predicted octanol–water partition coefficient (Wildman–Crippen LogP) is 8.04. The molecule has 2 saturated heterocycles. The Morgan fingerprint density at radius 3 is 2.31 bits per heavy atom. The van der Waals surface area contributed by atoms with E-state index >= 15 is 0 Å². The number of thiazole rings is 1. The van der Waals surface area contributed by atoms with Crippen molar-refractivity contribution in [2.24, 2.45) is 11.3 Å². The van der Waals surface area contributed by atoms with Crippen molar-refractivity contribution in [3.05, 3.63) is 71.4 Å². The quantitative estimate of drug-likeness (QED) is 0.0492. The lowest BCUT2D eigenvalue weighted by atomic mass is 9.76. The standard InChI is InChI=1S/C49H65N9O5S/c1-31(33-18-20-34(21-19-33)45-32(2)51-30-64-45)52-47(62)40-27-36(59)29-57(40)48(63)43(49(3,4)5)42(61)17-11-9-7-6-8-10-14-24-56-25-22-35(23-26-56)58-39-28-38(37-15-12-13-16-41(37)60)53-54-44(39)46(50)55-58/h12-13,15-16,18-21,28,30-31,35-36,40,43,59-60H,6-11,14,17,22-27,29H2,1-5H3,(H2,50,55)(H,52,62)/t31-,36+,40-,43?/m0/s1. The Morgan fingerprint density at radius 2 is 1.64 bits per heavy atom. The van der Waals surface area contributed by atoms with E-state index in [1.165, 1.54) is 4.90 Å². The van der Waals surface area contributed by atoms with Crippen LogP contribution in [-0.2, 0) is 14.4 Å². The lowest BCUT2D eigenvalue weighted by Gasteiger charge is -2.34. The number of aromatic hydroxyl groups is 1. The summed E-state index contributed by atoms with van der Waals surface area (Å²) >= 11 is 1.59. The second kappa shape index (κ2) is 20.7. The van der Waals surface area contributed by atoms with E-state index in [0.717, 1.165) is 105 Å². The zero-order valence-corrected chi connectivity index (χ0v) is 38.8. The van der Waals surface area contributed by atoms with Gasteiger partial charge >= 0.3 is 0 Å². The smallest absolute Gasteiger partial charge is 0.243 e. The van der Waals surface area contributed by atoms with E-state index in [-0.39, 0.29) is 48.4 Å². The number of para-hydroxylation sites is 1. The van der Waals surface area contributed by atoms with Crippen molar-refractivity contribution in [2.45, 2.75) is 129 Å². The number of hydrogen-bond acceptors (Lipinski definition) is 12. The SMILES string of the molecule is Cc1ncsc1-c1ccc([C@H](C)NC(=O)[C@@H]2C[C@@H](O)CN2C(=O)C(C(=O)CCCCCCCCCN2CCC(n3nc(N)c4nnc(-c5ccccc5O)cc43)CC2)C(C)(C)C)cc1. The van der Waals surface area contributed by atoms with Crippen LogP contribution in [0, 0.1) is 18.3 Å². The van der Waals surface area contributed by atoms with Crippen LogP contribution in [0.5, 0.6) is 5.75 Å². The number of carbonyl (C=O) groups is 3. The number of ketones is 1. The monoisotopic (exact) mass is 891 g/mol. The summed E-state index contributed by atoms with van der Waals surface area (Å²) in [5.41, 5.74) is 13.0. The summed E-state index contributed by atoms with van der Waals surface area (Å²) in [4.78, 5) is 51.0. The van der Waals surface area contributed by atoms with Crippen LogP contribution < -0.4 is 11.1 Å². The van der Waals surface area contributed by atoms with Gasteiger partial charge in [-0.2, -0.15) is 5.10 Å². The number of anilines is 1. The number of carbonyl (C=O) groups excluding carboxylic acids is 3. The number of amides is 2. The molecule has 15 heteroatoms. The Kier molecular flexibility index (Phi) is 15.1. The van der Waals surface area contributed by atoms with E-state index in [0.29, 0.717) is 29.0 Å². The summed E-state index contributed by atoms with van der Waals surface area (Å²) in [6, 6.07) is 16.1. The van der Waals surface area contributed by atoms with Gasteiger partial charge in [0.05, 0.1) is 45.5 Å². The van der Waals surface area contributed by atoms with Crippen molar-refractivity contribution >= 4 is 45.8 Å². The van der Waals surface area contributed by atoms with Crippen molar-refractivity contribution in [3.8, 4) is 27.4 Å². The van der Waals surface area contributed by atoms with Crippen molar-refractivity contribution < 1.29 is 24.6 Å².